The highest BCUT2D eigenvalue weighted by Gasteiger charge is 2.20. The predicted octanol–water partition coefficient (Wildman–Crippen LogP) is 3.72. The Morgan fingerprint density at radius 1 is 1.31 bits per heavy atom. The highest BCUT2D eigenvalue weighted by Crippen LogP contribution is 2.35. The first kappa shape index (κ1) is 8.80. The van der Waals surface area contributed by atoms with E-state index in [1.54, 1.807) is 11.1 Å². The molecule has 1 aromatic rings. The highest BCUT2D eigenvalue weighted by atomic mass is 14.2. The Labute approximate surface area is 81.0 Å². The van der Waals surface area contributed by atoms with Gasteiger partial charge in [-0.2, -0.15) is 0 Å². The Morgan fingerprint density at radius 2 is 2.15 bits per heavy atom. The summed E-state index contributed by atoms with van der Waals surface area (Å²) in [5.74, 6) is 0.831. The van der Waals surface area contributed by atoms with E-state index in [1.807, 2.05) is 0 Å². The molecule has 2 rings (SSSR count). The maximum absolute atomic E-state index is 3.90. The van der Waals surface area contributed by atoms with Gasteiger partial charge in [-0.15, -0.1) is 0 Å². The minimum Gasteiger partial charge on any atom is -0.0620 e. The largest absolute Gasteiger partial charge is 0.0620 e. The molecule has 0 bridgehead atoms. The van der Waals surface area contributed by atoms with Crippen molar-refractivity contribution in [3.63, 3.8) is 0 Å². The Hall–Kier alpha value is -0.780. The maximum Gasteiger partial charge on any atom is -0.0156 e. The molecule has 1 unspecified atom stereocenters. The van der Waals surface area contributed by atoms with Gasteiger partial charge in [0.25, 0.3) is 0 Å². The topological polar surface area (TPSA) is 0 Å². The zero-order valence-electron chi connectivity index (χ0n) is 8.13. The number of benzene rings is 1. The summed E-state index contributed by atoms with van der Waals surface area (Å²) in [4.78, 5) is 0. The third-order valence-corrected chi connectivity index (χ3v) is 3.06. The Kier molecular flexibility index (Phi) is 2.68. The van der Waals surface area contributed by atoms with Crippen LogP contribution in [0.4, 0.5) is 0 Å². The number of unbranched alkanes of at least 4 members (excludes halogenated alkanes) is 1. The monoisotopic (exact) mass is 173 g/mol. The van der Waals surface area contributed by atoms with Crippen LogP contribution in [0.5, 0.6) is 0 Å². The van der Waals surface area contributed by atoms with E-state index < -0.39 is 0 Å². The standard InChI is InChI=1S/C13H17/c1-2-3-6-11-9-10-12-7-4-5-8-13(11)12/h4-5,7-8,11H,1-3,6,9-10H2. The number of fused-ring (bicyclic) bond motifs is 1. The van der Waals surface area contributed by atoms with E-state index in [9.17, 15) is 0 Å². The summed E-state index contributed by atoms with van der Waals surface area (Å²) in [5.41, 5.74) is 3.19. The lowest BCUT2D eigenvalue weighted by atomic mass is 9.96. The molecule has 0 aliphatic heterocycles. The SMILES string of the molecule is [CH2]CCCC1CCc2ccccc21. The van der Waals surface area contributed by atoms with Gasteiger partial charge in [0.05, 0.1) is 0 Å². The molecule has 0 spiro atoms. The molecular weight excluding hydrogens is 156 g/mol. The molecule has 0 nitrogen and oxygen atoms in total. The van der Waals surface area contributed by atoms with Crippen LogP contribution in [0.3, 0.4) is 0 Å². The third-order valence-electron chi connectivity index (χ3n) is 3.06. The molecule has 0 saturated heterocycles. The van der Waals surface area contributed by atoms with Gasteiger partial charge >= 0.3 is 0 Å². The first-order chi connectivity index (χ1) is 6.42. The molecule has 0 saturated carbocycles. The summed E-state index contributed by atoms with van der Waals surface area (Å²) in [7, 11) is 0. The average Bonchev–Trinajstić information content (AvgIpc) is 2.58. The zero-order chi connectivity index (χ0) is 9.10. The minimum atomic E-state index is 0.831. The molecule has 1 radical (unpaired) electrons. The molecule has 69 valence electrons. The predicted molar refractivity (Wildman–Crippen MR) is 56.7 cm³/mol. The lowest BCUT2D eigenvalue weighted by Gasteiger charge is -2.09. The Morgan fingerprint density at radius 3 is 3.00 bits per heavy atom. The molecule has 0 fully saturated rings. The van der Waals surface area contributed by atoms with Crippen molar-refractivity contribution in [3.8, 4) is 0 Å². The minimum absolute atomic E-state index is 0.831. The van der Waals surface area contributed by atoms with E-state index in [0.717, 1.165) is 12.3 Å². The summed E-state index contributed by atoms with van der Waals surface area (Å²) < 4.78 is 0. The van der Waals surface area contributed by atoms with Crippen LogP contribution >= 0.6 is 0 Å². The zero-order valence-corrected chi connectivity index (χ0v) is 8.13. The average molecular weight is 173 g/mol. The van der Waals surface area contributed by atoms with Crippen LogP contribution < -0.4 is 0 Å². The summed E-state index contributed by atoms with van der Waals surface area (Å²) >= 11 is 0. The Bertz CT molecular complexity index is 275. The van der Waals surface area contributed by atoms with Gasteiger partial charge in [0.15, 0.2) is 0 Å². The van der Waals surface area contributed by atoms with E-state index in [0.29, 0.717) is 0 Å². The molecular formula is C13H17. The number of aryl methyl sites for hydroxylation is 1. The number of hydrogen-bond acceptors (Lipinski definition) is 0. The van der Waals surface area contributed by atoms with Gasteiger partial charge in [-0.25, -0.2) is 0 Å². The van der Waals surface area contributed by atoms with E-state index in [4.69, 9.17) is 0 Å². The molecule has 13 heavy (non-hydrogen) atoms. The highest BCUT2D eigenvalue weighted by molar-refractivity contribution is 5.34. The van der Waals surface area contributed by atoms with Crippen LogP contribution in [-0.4, -0.2) is 0 Å². The molecule has 1 aromatic carbocycles. The van der Waals surface area contributed by atoms with Gasteiger partial charge in [-0.1, -0.05) is 44.0 Å². The smallest absolute Gasteiger partial charge is 0.0156 e. The van der Waals surface area contributed by atoms with E-state index in [1.165, 1.54) is 25.7 Å². The van der Waals surface area contributed by atoms with Crippen LogP contribution in [0, 0.1) is 6.92 Å². The molecule has 0 N–H and O–H groups in total. The van der Waals surface area contributed by atoms with Gasteiger partial charge < -0.3 is 0 Å². The van der Waals surface area contributed by atoms with Gasteiger partial charge in [0, 0.05) is 0 Å². The lowest BCUT2D eigenvalue weighted by Crippen LogP contribution is -1.92. The van der Waals surface area contributed by atoms with E-state index in [-0.39, 0.29) is 0 Å². The fourth-order valence-electron chi connectivity index (χ4n) is 2.34. The van der Waals surface area contributed by atoms with Gasteiger partial charge in [-0.05, 0) is 36.3 Å². The molecule has 0 amide bonds. The van der Waals surface area contributed by atoms with Crippen LogP contribution in [0.15, 0.2) is 24.3 Å². The molecule has 0 heteroatoms. The second kappa shape index (κ2) is 3.95. The van der Waals surface area contributed by atoms with Crippen molar-refractivity contribution in [2.45, 2.75) is 38.0 Å². The molecule has 1 atom stereocenters. The first-order valence-corrected chi connectivity index (χ1v) is 5.29. The van der Waals surface area contributed by atoms with Crippen molar-refractivity contribution in [3.05, 3.63) is 42.3 Å². The fraction of sp³-hybridized carbons (Fsp3) is 0.462. The van der Waals surface area contributed by atoms with E-state index in [2.05, 4.69) is 31.2 Å². The van der Waals surface area contributed by atoms with Crippen molar-refractivity contribution in [2.24, 2.45) is 0 Å². The normalized spacial score (nSPS) is 20.2. The van der Waals surface area contributed by atoms with Crippen LogP contribution in [0.2, 0.25) is 0 Å². The van der Waals surface area contributed by atoms with Gasteiger partial charge in [0.2, 0.25) is 0 Å². The van der Waals surface area contributed by atoms with Crippen LogP contribution in [0.1, 0.15) is 42.7 Å². The molecule has 0 heterocycles. The summed E-state index contributed by atoms with van der Waals surface area (Å²) in [6.45, 7) is 3.90. The molecule has 1 aliphatic carbocycles. The van der Waals surface area contributed by atoms with Crippen molar-refractivity contribution < 1.29 is 0 Å². The van der Waals surface area contributed by atoms with Gasteiger partial charge in [0.1, 0.15) is 0 Å². The maximum atomic E-state index is 3.90. The summed E-state index contributed by atoms with van der Waals surface area (Å²) in [6.07, 6.45) is 6.34. The summed E-state index contributed by atoms with van der Waals surface area (Å²) in [5, 5.41) is 0. The number of hydrogen-bond donors (Lipinski definition) is 0. The Balaban J connectivity index is 2.09. The van der Waals surface area contributed by atoms with Crippen LogP contribution in [0.25, 0.3) is 0 Å². The third kappa shape index (κ3) is 1.77. The summed E-state index contributed by atoms with van der Waals surface area (Å²) in [6, 6.07) is 8.90. The van der Waals surface area contributed by atoms with Crippen LogP contribution in [-0.2, 0) is 6.42 Å². The van der Waals surface area contributed by atoms with Crippen molar-refractivity contribution in [2.75, 3.05) is 0 Å². The molecule has 0 aromatic heterocycles. The quantitative estimate of drug-likeness (QED) is 0.653. The second-order valence-electron chi connectivity index (χ2n) is 3.93. The van der Waals surface area contributed by atoms with Crippen molar-refractivity contribution >= 4 is 0 Å². The molecule has 1 aliphatic rings. The van der Waals surface area contributed by atoms with E-state index >= 15 is 0 Å². The lowest BCUT2D eigenvalue weighted by molar-refractivity contribution is 0.590. The van der Waals surface area contributed by atoms with Gasteiger partial charge in [-0.3, -0.25) is 0 Å². The number of rotatable bonds is 3. The van der Waals surface area contributed by atoms with Crippen molar-refractivity contribution in [1.82, 2.24) is 0 Å². The fourth-order valence-corrected chi connectivity index (χ4v) is 2.34. The van der Waals surface area contributed by atoms with Crippen molar-refractivity contribution in [1.29, 1.82) is 0 Å². The first-order valence-electron chi connectivity index (χ1n) is 5.29. The second-order valence-corrected chi connectivity index (χ2v) is 3.93.